The van der Waals surface area contributed by atoms with E-state index >= 15 is 0 Å². The average Bonchev–Trinajstić information content (AvgIpc) is 3.36. The molecule has 0 radical (unpaired) electrons. The molecule has 30 heavy (non-hydrogen) atoms. The number of aromatic nitrogens is 2. The van der Waals surface area contributed by atoms with Gasteiger partial charge in [0.25, 0.3) is 0 Å². The largest absolute Gasteiger partial charge is 0.480 e. The summed E-state index contributed by atoms with van der Waals surface area (Å²) in [5.74, 6) is -4.08. The number of carbonyl (C=O) groups excluding carboxylic acids is 4. The summed E-state index contributed by atoms with van der Waals surface area (Å²) < 4.78 is 0. The molecule has 1 aromatic rings. The second-order valence-corrected chi connectivity index (χ2v) is 6.92. The number of hydrogen-bond donors (Lipinski definition) is 6. The van der Waals surface area contributed by atoms with Crippen molar-refractivity contribution in [2.45, 2.75) is 43.8 Å². The van der Waals surface area contributed by atoms with E-state index in [2.05, 4.69) is 20.6 Å². The maximum atomic E-state index is 12.7. The lowest BCUT2D eigenvalue weighted by Gasteiger charge is -2.28. The summed E-state index contributed by atoms with van der Waals surface area (Å²) in [6, 6.07) is -3.11. The van der Waals surface area contributed by atoms with Crippen LogP contribution in [0.4, 0.5) is 0 Å². The molecule has 1 aromatic heterocycles. The number of H-pyrrole nitrogens is 1. The fourth-order valence-corrected chi connectivity index (χ4v) is 3.20. The number of nitrogens with one attached hydrogen (secondary N) is 3. The number of likely N-dealkylation sites (tertiary alicyclic amines) is 1. The van der Waals surface area contributed by atoms with Crippen LogP contribution in [0.3, 0.4) is 0 Å². The van der Waals surface area contributed by atoms with Crippen molar-refractivity contribution in [3.05, 3.63) is 18.2 Å². The van der Waals surface area contributed by atoms with E-state index in [1.165, 1.54) is 11.2 Å². The number of imidazole rings is 1. The van der Waals surface area contributed by atoms with Crippen LogP contribution < -0.4 is 22.1 Å². The van der Waals surface area contributed by atoms with Gasteiger partial charge in [-0.15, -0.1) is 0 Å². The minimum Gasteiger partial charge on any atom is -0.480 e. The van der Waals surface area contributed by atoms with E-state index in [4.69, 9.17) is 16.6 Å². The Bertz CT molecular complexity index is 797. The smallest absolute Gasteiger partial charge is 0.322 e. The number of amides is 4. The first kappa shape index (κ1) is 22.8. The van der Waals surface area contributed by atoms with Gasteiger partial charge in [0.05, 0.1) is 18.8 Å². The van der Waals surface area contributed by atoms with Crippen molar-refractivity contribution in [1.29, 1.82) is 0 Å². The van der Waals surface area contributed by atoms with Crippen LogP contribution in [0.1, 0.15) is 25.0 Å². The lowest BCUT2D eigenvalue weighted by atomic mass is 10.1. The SMILES string of the molecule is NC(=O)CC(NC(=O)C1CCCN1C(=O)C(N)Cc1cnc[nH]1)C(=O)NCC(=O)O. The number of aromatic amines is 1. The Morgan fingerprint density at radius 3 is 2.67 bits per heavy atom. The van der Waals surface area contributed by atoms with Gasteiger partial charge in [-0.3, -0.25) is 24.0 Å². The summed E-state index contributed by atoms with van der Waals surface area (Å²) in [7, 11) is 0. The molecule has 13 nitrogen and oxygen atoms in total. The molecule has 1 aliphatic rings. The predicted octanol–water partition coefficient (Wildman–Crippen LogP) is -3.17. The number of nitrogens with zero attached hydrogens (tertiary/aromatic N) is 2. The molecule has 4 amide bonds. The zero-order chi connectivity index (χ0) is 22.3. The summed E-state index contributed by atoms with van der Waals surface area (Å²) in [5, 5.41) is 13.1. The number of aliphatic carboxylic acids is 1. The van der Waals surface area contributed by atoms with Crippen LogP contribution in [-0.4, -0.2) is 80.8 Å². The van der Waals surface area contributed by atoms with Crippen molar-refractivity contribution in [3.8, 4) is 0 Å². The predicted molar refractivity (Wildman–Crippen MR) is 101 cm³/mol. The maximum absolute atomic E-state index is 12.7. The van der Waals surface area contributed by atoms with Crippen LogP contribution in [-0.2, 0) is 30.4 Å². The van der Waals surface area contributed by atoms with Gasteiger partial charge in [-0.2, -0.15) is 0 Å². The van der Waals surface area contributed by atoms with Crippen LogP contribution in [0.5, 0.6) is 0 Å². The van der Waals surface area contributed by atoms with E-state index in [0.29, 0.717) is 25.1 Å². The second kappa shape index (κ2) is 10.3. The minimum atomic E-state index is -1.36. The van der Waals surface area contributed by atoms with Gasteiger partial charge in [0.1, 0.15) is 18.6 Å². The molecule has 13 heteroatoms. The standard InChI is InChI=1S/C17H25N7O6/c18-10(4-9-6-20-8-22-9)17(30)24-3-1-2-12(24)16(29)23-11(5-13(19)25)15(28)21-7-14(26)27/h6,8,10-12H,1-5,7,18H2,(H2,19,25)(H,20,22)(H,21,28)(H,23,29)(H,26,27). The van der Waals surface area contributed by atoms with E-state index in [1.807, 2.05) is 0 Å². The van der Waals surface area contributed by atoms with Crippen LogP contribution in [0, 0.1) is 0 Å². The van der Waals surface area contributed by atoms with E-state index in [-0.39, 0.29) is 6.42 Å². The third-order valence-corrected chi connectivity index (χ3v) is 4.60. The fraction of sp³-hybridized carbons (Fsp3) is 0.529. The Morgan fingerprint density at radius 1 is 1.33 bits per heavy atom. The molecule has 1 aliphatic heterocycles. The number of hydrogen-bond acceptors (Lipinski definition) is 7. The molecule has 1 saturated heterocycles. The number of nitrogens with two attached hydrogens (primary N) is 2. The van der Waals surface area contributed by atoms with Crippen molar-refractivity contribution in [2.24, 2.45) is 11.5 Å². The molecule has 0 aromatic carbocycles. The minimum absolute atomic E-state index is 0.214. The summed E-state index contributed by atoms with van der Waals surface area (Å²) in [6.45, 7) is -0.361. The lowest BCUT2D eigenvalue weighted by molar-refractivity contribution is -0.141. The highest BCUT2D eigenvalue weighted by Gasteiger charge is 2.37. The summed E-state index contributed by atoms with van der Waals surface area (Å²) in [5.41, 5.74) is 11.8. The molecule has 8 N–H and O–H groups in total. The van der Waals surface area contributed by atoms with Gasteiger partial charge in [-0.25, -0.2) is 4.98 Å². The number of carboxylic acids is 1. The molecule has 164 valence electrons. The normalized spacial score (nSPS) is 17.8. The zero-order valence-electron chi connectivity index (χ0n) is 16.2. The molecule has 2 heterocycles. The highest BCUT2D eigenvalue weighted by Crippen LogP contribution is 2.19. The number of rotatable bonds is 10. The maximum Gasteiger partial charge on any atom is 0.322 e. The van der Waals surface area contributed by atoms with Crippen molar-refractivity contribution < 1.29 is 29.1 Å². The highest BCUT2D eigenvalue weighted by molar-refractivity contribution is 5.95. The second-order valence-electron chi connectivity index (χ2n) is 6.92. The van der Waals surface area contributed by atoms with Crippen LogP contribution in [0.15, 0.2) is 12.5 Å². The first-order chi connectivity index (χ1) is 14.2. The molecule has 1 fully saturated rings. The molecule has 3 atom stereocenters. The first-order valence-electron chi connectivity index (χ1n) is 9.30. The van der Waals surface area contributed by atoms with Gasteiger partial charge in [-0.1, -0.05) is 0 Å². The van der Waals surface area contributed by atoms with Crippen molar-refractivity contribution in [1.82, 2.24) is 25.5 Å². The number of carbonyl (C=O) groups is 5. The van der Waals surface area contributed by atoms with Crippen molar-refractivity contribution >= 4 is 29.6 Å². The summed E-state index contributed by atoms with van der Waals surface area (Å²) in [6.07, 6.45) is 3.63. The van der Waals surface area contributed by atoms with Crippen LogP contribution in [0.25, 0.3) is 0 Å². The van der Waals surface area contributed by atoms with Crippen molar-refractivity contribution in [3.63, 3.8) is 0 Å². The van der Waals surface area contributed by atoms with E-state index in [0.717, 1.165) is 0 Å². The van der Waals surface area contributed by atoms with Crippen LogP contribution in [0.2, 0.25) is 0 Å². The number of carboxylic acid groups (broad SMARTS) is 1. The van der Waals surface area contributed by atoms with Gasteiger partial charge < -0.3 is 37.1 Å². The van der Waals surface area contributed by atoms with Gasteiger partial charge in [0, 0.05) is 24.9 Å². The van der Waals surface area contributed by atoms with E-state index in [1.54, 1.807) is 6.20 Å². The Balaban J connectivity index is 2.02. The number of primary amides is 1. The Kier molecular flexibility index (Phi) is 7.86. The highest BCUT2D eigenvalue weighted by atomic mass is 16.4. The lowest BCUT2D eigenvalue weighted by Crippen LogP contribution is -2.56. The molecule has 0 bridgehead atoms. The molecular weight excluding hydrogens is 398 g/mol. The van der Waals surface area contributed by atoms with E-state index < -0.39 is 60.7 Å². The Morgan fingerprint density at radius 2 is 2.07 bits per heavy atom. The van der Waals surface area contributed by atoms with Gasteiger partial charge in [0.15, 0.2) is 0 Å². The quantitative estimate of drug-likeness (QED) is 0.225. The molecule has 2 rings (SSSR count). The molecule has 0 spiro atoms. The van der Waals surface area contributed by atoms with E-state index in [9.17, 15) is 24.0 Å². The average molecular weight is 423 g/mol. The summed E-state index contributed by atoms with van der Waals surface area (Å²) in [4.78, 5) is 67.5. The fourth-order valence-electron chi connectivity index (χ4n) is 3.20. The third-order valence-electron chi connectivity index (χ3n) is 4.60. The van der Waals surface area contributed by atoms with Gasteiger partial charge in [-0.05, 0) is 12.8 Å². The monoisotopic (exact) mass is 423 g/mol. The molecule has 0 saturated carbocycles. The molecular formula is C17H25N7O6. The topological polar surface area (TPSA) is 214 Å². The first-order valence-corrected chi connectivity index (χ1v) is 9.30. The van der Waals surface area contributed by atoms with Crippen molar-refractivity contribution in [2.75, 3.05) is 13.1 Å². The van der Waals surface area contributed by atoms with Gasteiger partial charge >= 0.3 is 5.97 Å². The van der Waals surface area contributed by atoms with Gasteiger partial charge in [0.2, 0.25) is 23.6 Å². The Hall–Kier alpha value is -3.48. The summed E-state index contributed by atoms with van der Waals surface area (Å²) >= 11 is 0. The Labute approximate surface area is 171 Å². The zero-order valence-corrected chi connectivity index (χ0v) is 16.2. The molecule has 0 aliphatic carbocycles. The third kappa shape index (κ3) is 6.27. The van der Waals surface area contributed by atoms with Crippen LogP contribution >= 0.6 is 0 Å². The molecule has 3 unspecified atom stereocenters.